The minimum absolute atomic E-state index is 0.256. The molecule has 0 saturated carbocycles. The Labute approximate surface area is 138 Å². The van der Waals surface area contributed by atoms with Gasteiger partial charge in [-0.2, -0.15) is 0 Å². The fourth-order valence-electron chi connectivity index (χ4n) is 2.14. The molecule has 1 unspecified atom stereocenters. The molecule has 2 nitrogen and oxygen atoms in total. The van der Waals surface area contributed by atoms with Crippen LogP contribution in [-0.2, 0) is 0 Å². The Morgan fingerprint density at radius 2 is 1.71 bits per heavy atom. The zero-order chi connectivity index (χ0) is 15.6. The fourth-order valence-corrected chi connectivity index (χ4v) is 2.90. The van der Waals surface area contributed by atoms with Gasteiger partial charge < -0.3 is 10.1 Å². The standard InChI is InChI=1S/C15H13Br2F2NO/c1-20-15(8-3-4-12(18)10(16)5-8)9-6-11(17)13(19)7-14(9)21-2/h3-7,15,20H,1-2H3. The van der Waals surface area contributed by atoms with Gasteiger partial charge in [0.1, 0.15) is 17.4 Å². The average Bonchev–Trinajstić information content (AvgIpc) is 2.46. The molecule has 0 amide bonds. The van der Waals surface area contributed by atoms with Gasteiger partial charge >= 0.3 is 0 Å². The molecule has 1 atom stereocenters. The summed E-state index contributed by atoms with van der Waals surface area (Å²) in [5.74, 6) is -0.304. The molecule has 0 spiro atoms. The Hall–Kier alpha value is -0.980. The third-order valence-corrected chi connectivity index (χ3v) is 4.36. The molecule has 0 heterocycles. The molecule has 2 aromatic rings. The van der Waals surface area contributed by atoms with E-state index in [2.05, 4.69) is 37.2 Å². The molecule has 0 aliphatic rings. The normalized spacial score (nSPS) is 12.3. The van der Waals surface area contributed by atoms with E-state index in [4.69, 9.17) is 4.74 Å². The van der Waals surface area contributed by atoms with Crippen molar-refractivity contribution in [1.29, 1.82) is 0 Å². The van der Waals surface area contributed by atoms with Crippen molar-refractivity contribution >= 4 is 31.9 Å². The van der Waals surface area contributed by atoms with E-state index in [1.807, 2.05) is 0 Å². The highest BCUT2D eigenvalue weighted by Crippen LogP contribution is 2.35. The second-order valence-corrected chi connectivity index (χ2v) is 6.11. The van der Waals surface area contributed by atoms with Crippen molar-refractivity contribution in [3.8, 4) is 5.75 Å². The van der Waals surface area contributed by atoms with Crippen LogP contribution in [0, 0.1) is 11.6 Å². The van der Waals surface area contributed by atoms with Crippen molar-refractivity contribution in [2.24, 2.45) is 0 Å². The second kappa shape index (κ2) is 6.85. The lowest BCUT2D eigenvalue weighted by Gasteiger charge is -2.21. The molecule has 0 radical (unpaired) electrons. The van der Waals surface area contributed by atoms with Gasteiger partial charge in [0, 0.05) is 11.6 Å². The summed E-state index contributed by atoms with van der Waals surface area (Å²) in [7, 11) is 3.26. The highest BCUT2D eigenvalue weighted by atomic mass is 79.9. The van der Waals surface area contributed by atoms with Gasteiger partial charge in [-0.15, -0.1) is 0 Å². The van der Waals surface area contributed by atoms with Crippen LogP contribution >= 0.6 is 31.9 Å². The SMILES string of the molecule is CNC(c1ccc(F)c(Br)c1)c1cc(Br)c(F)cc1OC. The highest BCUT2D eigenvalue weighted by molar-refractivity contribution is 9.10. The summed E-state index contributed by atoms with van der Waals surface area (Å²) in [6.07, 6.45) is 0. The number of halogens is 4. The van der Waals surface area contributed by atoms with Crippen molar-refractivity contribution in [1.82, 2.24) is 5.32 Å². The molecule has 2 rings (SSSR count). The first-order valence-electron chi connectivity index (χ1n) is 6.13. The zero-order valence-electron chi connectivity index (χ0n) is 11.4. The Morgan fingerprint density at radius 1 is 1.05 bits per heavy atom. The molecule has 0 bridgehead atoms. The van der Waals surface area contributed by atoms with Crippen LogP contribution in [0.15, 0.2) is 39.3 Å². The predicted molar refractivity (Wildman–Crippen MR) is 85.7 cm³/mol. The monoisotopic (exact) mass is 419 g/mol. The Bertz CT molecular complexity index is 664. The predicted octanol–water partition coefficient (Wildman–Crippen LogP) is 4.81. The van der Waals surface area contributed by atoms with E-state index in [0.717, 1.165) is 11.1 Å². The van der Waals surface area contributed by atoms with E-state index < -0.39 is 5.82 Å². The van der Waals surface area contributed by atoms with Crippen LogP contribution in [0.5, 0.6) is 5.75 Å². The number of hydrogen-bond donors (Lipinski definition) is 1. The summed E-state index contributed by atoms with van der Waals surface area (Å²) in [5, 5.41) is 3.14. The van der Waals surface area contributed by atoms with Crippen molar-refractivity contribution in [3.63, 3.8) is 0 Å². The van der Waals surface area contributed by atoms with E-state index >= 15 is 0 Å². The number of methoxy groups -OCH3 is 1. The summed E-state index contributed by atoms with van der Waals surface area (Å²) in [6, 6.07) is 7.48. The first-order valence-corrected chi connectivity index (χ1v) is 7.71. The summed E-state index contributed by atoms with van der Waals surface area (Å²) >= 11 is 6.35. The molecular weight excluding hydrogens is 408 g/mol. The third-order valence-electron chi connectivity index (χ3n) is 3.15. The maximum absolute atomic E-state index is 13.6. The van der Waals surface area contributed by atoms with Gasteiger partial charge in [0.2, 0.25) is 0 Å². The molecule has 0 fully saturated rings. The third kappa shape index (κ3) is 3.44. The first-order chi connectivity index (χ1) is 9.97. The van der Waals surface area contributed by atoms with Gasteiger partial charge in [-0.3, -0.25) is 0 Å². The van der Waals surface area contributed by atoms with Crippen molar-refractivity contribution in [2.75, 3.05) is 14.2 Å². The lowest BCUT2D eigenvalue weighted by atomic mass is 9.98. The number of hydrogen-bond acceptors (Lipinski definition) is 2. The maximum Gasteiger partial charge on any atom is 0.141 e. The molecule has 1 N–H and O–H groups in total. The number of benzene rings is 2. The summed E-state index contributed by atoms with van der Waals surface area (Å²) in [6.45, 7) is 0. The van der Waals surface area contributed by atoms with Crippen LogP contribution in [0.25, 0.3) is 0 Å². The summed E-state index contributed by atoms with van der Waals surface area (Å²) in [5.41, 5.74) is 1.59. The number of ether oxygens (including phenoxy) is 1. The fraction of sp³-hybridized carbons (Fsp3) is 0.200. The van der Waals surface area contributed by atoms with Gasteiger partial charge in [-0.05, 0) is 62.7 Å². The van der Waals surface area contributed by atoms with E-state index in [1.165, 1.54) is 19.2 Å². The van der Waals surface area contributed by atoms with Gasteiger partial charge in [-0.1, -0.05) is 6.07 Å². The molecule has 6 heteroatoms. The van der Waals surface area contributed by atoms with Gasteiger partial charge in [-0.25, -0.2) is 8.78 Å². The number of nitrogens with one attached hydrogen (secondary N) is 1. The van der Waals surface area contributed by atoms with E-state index in [0.29, 0.717) is 14.7 Å². The zero-order valence-corrected chi connectivity index (χ0v) is 14.6. The van der Waals surface area contributed by atoms with E-state index in [9.17, 15) is 8.78 Å². The van der Waals surface area contributed by atoms with Crippen LogP contribution in [0.3, 0.4) is 0 Å². The molecule has 2 aromatic carbocycles. The van der Waals surface area contributed by atoms with Gasteiger partial charge in [0.15, 0.2) is 0 Å². The quantitative estimate of drug-likeness (QED) is 0.766. The lowest BCUT2D eigenvalue weighted by Crippen LogP contribution is -2.18. The second-order valence-electron chi connectivity index (χ2n) is 4.40. The minimum atomic E-state index is -0.397. The summed E-state index contributed by atoms with van der Waals surface area (Å²) < 4.78 is 33.0. The molecule has 0 aromatic heterocycles. The molecular formula is C15H13Br2F2NO. The van der Waals surface area contributed by atoms with E-state index in [-0.39, 0.29) is 11.9 Å². The Kier molecular flexibility index (Phi) is 5.35. The van der Waals surface area contributed by atoms with Crippen LogP contribution in [0.1, 0.15) is 17.2 Å². The molecule has 0 aliphatic heterocycles. The van der Waals surface area contributed by atoms with Crippen LogP contribution in [0.4, 0.5) is 8.78 Å². The average molecular weight is 421 g/mol. The van der Waals surface area contributed by atoms with Crippen LogP contribution < -0.4 is 10.1 Å². The maximum atomic E-state index is 13.6. The highest BCUT2D eigenvalue weighted by Gasteiger charge is 2.19. The summed E-state index contributed by atoms with van der Waals surface area (Å²) in [4.78, 5) is 0. The lowest BCUT2D eigenvalue weighted by molar-refractivity contribution is 0.401. The minimum Gasteiger partial charge on any atom is -0.496 e. The van der Waals surface area contributed by atoms with Gasteiger partial charge in [0.25, 0.3) is 0 Å². The molecule has 0 saturated heterocycles. The van der Waals surface area contributed by atoms with Crippen molar-refractivity contribution in [2.45, 2.75) is 6.04 Å². The smallest absolute Gasteiger partial charge is 0.141 e. The number of rotatable bonds is 4. The van der Waals surface area contributed by atoms with Crippen LogP contribution in [-0.4, -0.2) is 14.2 Å². The topological polar surface area (TPSA) is 21.3 Å². The van der Waals surface area contributed by atoms with Crippen molar-refractivity contribution in [3.05, 3.63) is 62.0 Å². The van der Waals surface area contributed by atoms with Crippen molar-refractivity contribution < 1.29 is 13.5 Å². The molecule has 112 valence electrons. The first kappa shape index (κ1) is 16.4. The Balaban J connectivity index is 2.55. The molecule has 21 heavy (non-hydrogen) atoms. The van der Waals surface area contributed by atoms with Gasteiger partial charge in [0.05, 0.1) is 22.1 Å². The van der Waals surface area contributed by atoms with Crippen LogP contribution in [0.2, 0.25) is 0 Å². The Morgan fingerprint density at radius 3 is 2.29 bits per heavy atom. The molecule has 0 aliphatic carbocycles. The van der Waals surface area contributed by atoms with E-state index in [1.54, 1.807) is 25.2 Å². The largest absolute Gasteiger partial charge is 0.496 e.